The SMILES string of the molecule is Cc1nn(C)cc1CNC(=O)Cc1csc(-c2cccs2)n1. The lowest BCUT2D eigenvalue weighted by atomic mass is 10.2. The summed E-state index contributed by atoms with van der Waals surface area (Å²) in [5, 5.41) is 12.1. The molecule has 0 aliphatic rings. The summed E-state index contributed by atoms with van der Waals surface area (Å²) in [5.74, 6) is -0.0220. The molecular weight excluding hydrogens is 316 g/mol. The Morgan fingerprint density at radius 1 is 1.41 bits per heavy atom. The second-order valence-electron chi connectivity index (χ2n) is 4.99. The van der Waals surface area contributed by atoms with E-state index in [2.05, 4.69) is 15.4 Å². The van der Waals surface area contributed by atoms with Crippen molar-refractivity contribution in [3.63, 3.8) is 0 Å². The molecule has 1 N–H and O–H groups in total. The first-order valence-electron chi connectivity index (χ1n) is 6.86. The molecule has 22 heavy (non-hydrogen) atoms. The van der Waals surface area contributed by atoms with Crippen molar-refractivity contribution in [3.8, 4) is 9.88 Å². The summed E-state index contributed by atoms with van der Waals surface area (Å²) in [6.07, 6.45) is 2.23. The zero-order valence-electron chi connectivity index (χ0n) is 12.4. The second-order valence-corrected chi connectivity index (χ2v) is 6.79. The van der Waals surface area contributed by atoms with Gasteiger partial charge >= 0.3 is 0 Å². The summed E-state index contributed by atoms with van der Waals surface area (Å²) < 4.78 is 1.75. The van der Waals surface area contributed by atoms with Crippen LogP contribution >= 0.6 is 22.7 Å². The van der Waals surface area contributed by atoms with Gasteiger partial charge in [-0.1, -0.05) is 6.07 Å². The molecule has 0 unspecified atom stereocenters. The summed E-state index contributed by atoms with van der Waals surface area (Å²) in [7, 11) is 1.87. The Kier molecular flexibility index (Phi) is 4.35. The maximum Gasteiger partial charge on any atom is 0.226 e. The molecule has 114 valence electrons. The van der Waals surface area contributed by atoms with E-state index >= 15 is 0 Å². The van der Waals surface area contributed by atoms with Crippen molar-refractivity contribution >= 4 is 28.6 Å². The number of amides is 1. The molecule has 1 amide bonds. The summed E-state index contributed by atoms with van der Waals surface area (Å²) in [6, 6.07) is 4.04. The quantitative estimate of drug-likeness (QED) is 0.781. The van der Waals surface area contributed by atoms with E-state index in [0.29, 0.717) is 13.0 Å². The molecule has 0 saturated carbocycles. The van der Waals surface area contributed by atoms with Gasteiger partial charge in [-0.05, 0) is 18.4 Å². The number of hydrogen-bond donors (Lipinski definition) is 1. The molecule has 0 fully saturated rings. The van der Waals surface area contributed by atoms with E-state index in [4.69, 9.17) is 0 Å². The van der Waals surface area contributed by atoms with Crippen LogP contribution in [0.4, 0.5) is 0 Å². The average molecular weight is 332 g/mol. The van der Waals surface area contributed by atoms with Gasteiger partial charge in [-0.2, -0.15) is 5.10 Å². The van der Waals surface area contributed by atoms with Gasteiger partial charge in [0.15, 0.2) is 0 Å². The minimum absolute atomic E-state index is 0.0220. The van der Waals surface area contributed by atoms with Crippen molar-refractivity contribution in [1.29, 1.82) is 0 Å². The van der Waals surface area contributed by atoms with Gasteiger partial charge in [-0.25, -0.2) is 4.98 Å². The first-order valence-corrected chi connectivity index (χ1v) is 8.62. The number of hydrogen-bond acceptors (Lipinski definition) is 5. The van der Waals surface area contributed by atoms with Crippen LogP contribution in [0.3, 0.4) is 0 Å². The highest BCUT2D eigenvalue weighted by Crippen LogP contribution is 2.27. The lowest BCUT2D eigenvalue weighted by Gasteiger charge is -2.02. The smallest absolute Gasteiger partial charge is 0.226 e. The molecule has 3 aromatic rings. The molecule has 0 aliphatic heterocycles. The molecule has 0 saturated heterocycles. The van der Waals surface area contributed by atoms with Crippen molar-refractivity contribution in [3.05, 3.63) is 46.0 Å². The van der Waals surface area contributed by atoms with Gasteiger partial charge in [-0.15, -0.1) is 22.7 Å². The molecule has 3 rings (SSSR count). The number of carbonyl (C=O) groups is 1. The van der Waals surface area contributed by atoms with Crippen LogP contribution in [-0.2, 0) is 24.8 Å². The van der Waals surface area contributed by atoms with Crippen LogP contribution in [0.25, 0.3) is 9.88 Å². The maximum absolute atomic E-state index is 12.0. The zero-order valence-corrected chi connectivity index (χ0v) is 14.0. The summed E-state index contributed by atoms with van der Waals surface area (Å²) >= 11 is 3.23. The minimum atomic E-state index is -0.0220. The fraction of sp³-hybridized carbons (Fsp3) is 0.267. The molecule has 0 spiro atoms. The number of nitrogens with one attached hydrogen (secondary N) is 1. The van der Waals surface area contributed by atoms with Gasteiger partial charge < -0.3 is 5.32 Å². The third kappa shape index (κ3) is 3.42. The Morgan fingerprint density at radius 2 is 2.27 bits per heavy atom. The van der Waals surface area contributed by atoms with Gasteiger partial charge in [0, 0.05) is 30.7 Å². The van der Waals surface area contributed by atoms with Crippen LogP contribution in [0.5, 0.6) is 0 Å². The van der Waals surface area contributed by atoms with E-state index in [1.165, 1.54) is 0 Å². The van der Waals surface area contributed by atoms with Gasteiger partial charge in [0.05, 0.1) is 22.7 Å². The third-order valence-corrected chi connectivity index (χ3v) is 5.15. The van der Waals surface area contributed by atoms with Gasteiger partial charge in [0.2, 0.25) is 5.91 Å². The maximum atomic E-state index is 12.0. The lowest BCUT2D eigenvalue weighted by molar-refractivity contribution is -0.120. The number of aromatic nitrogens is 3. The normalized spacial score (nSPS) is 10.8. The van der Waals surface area contributed by atoms with E-state index in [9.17, 15) is 4.79 Å². The van der Waals surface area contributed by atoms with Gasteiger partial charge in [0.1, 0.15) is 5.01 Å². The highest BCUT2D eigenvalue weighted by Gasteiger charge is 2.10. The molecule has 3 heterocycles. The molecule has 0 radical (unpaired) electrons. The Morgan fingerprint density at radius 3 is 2.95 bits per heavy atom. The third-order valence-electron chi connectivity index (χ3n) is 3.22. The Balaban J connectivity index is 1.57. The van der Waals surface area contributed by atoms with Crippen molar-refractivity contribution in [2.24, 2.45) is 7.05 Å². The average Bonchev–Trinajstić information content (AvgIpc) is 3.17. The van der Waals surface area contributed by atoms with Crippen LogP contribution in [-0.4, -0.2) is 20.7 Å². The van der Waals surface area contributed by atoms with E-state index in [1.807, 2.05) is 43.1 Å². The largest absolute Gasteiger partial charge is 0.352 e. The molecule has 3 aromatic heterocycles. The van der Waals surface area contributed by atoms with Crippen LogP contribution in [0.15, 0.2) is 29.1 Å². The highest BCUT2D eigenvalue weighted by molar-refractivity contribution is 7.20. The monoisotopic (exact) mass is 332 g/mol. The molecular formula is C15H16N4OS2. The van der Waals surface area contributed by atoms with Crippen molar-refractivity contribution in [2.75, 3.05) is 0 Å². The van der Waals surface area contributed by atoms with Crippen molar-refractivity contribution in [2.45, 2.75) is 19.9 Å². The fourth-order valence-corrected chi connectivity index (χ4v) is 3.78. The summed E-state index contributed by atoms with van der Waals surface area (Å²) in [6.45, 7) is 2.44. The van der Waals surface area contributed by atoms with Crippen LogP contribution < -0.4 is 5.32 Å². The molecule has 0 aliphatic carbocycles. The number of thiazole rings is 1. The fourth-order valence-electron chi connectivity index (χ4n) is 2.14. The predicted octanol–water partition coefficient (Wildman–Crippen LogP) is 2.77. The summed E-state index contributed by atoms with van der Waals surface area (Å²) in [4.78, 5) is 17.7. The Bertz CT molecular complexity index is 773. The Labute approximate surface area is 136 Å². The van der Waals surface area contributed by atoms with E-state index in [-0.39, 0.29) is 5.91 Å². The molecule has 0 atom stereocenters. The standard InChI is InChI=1S/C15H16N4OS2/c1-10-11(8-19(2)18-10)7-16-14(20)6-12-9-22-15(17-12)13-4-3-5-21-13/h3-5,8-9H,6-7H2,1-2H3,(H,16,20). The second kappa shape index (κ2) is 6.41. The number of aryl methyl sites for hydroxylation is 2. The van der Waals surface area contributed by atoms with Gasteiger partial charge in [0.25, 0.3) is 0 Å². The molecule has 0 bridgehead atoms. The summed E-state index contributed by atoms with van der Waals surface area (Å²) in [5.41, 5.74) is 2.79. The zero-order chi connectivity index (χ0) is 15.5. The number of thiophene rings is 1. The van der Waals surface area contributed by atoms with Crippen LogP contribution in [0, 0.1) is 6.92 Å². The van der Waals surface area contributed by atoms with Crippen LogP contribution in [0.1, 0.15) is 17.0 Å². The van der Waals surface area contributed by atoms with E-state index < -0.39 is 0 Å². The van der Waals surface area contributed by atoms with Crippen molar-refractivity contribution < 1.29 is 4.79 Å². The number of nitrogens with zero attached hydrogens (tertiary/aromatic N) is 3. The first kappa shape index (κ1) is 14.9. The van der Waals surface area contributed by atoms with Crippen molar-refractivity contribution in [1.82, 2.24) is 20.1 Å². The first-order chi connectivity index (χ1) is 10.6. The highest BCUT2D eigenvalue weighted by atomic mass is 32.1. The van der Waals surface area contributed by atoms with Gasteiger partial charge in [-0.3, -0.25) is 9.48 Å². The number of carbonyl (C=O) groups excluding carboxylic acids is 1. The Hall–Kier alpha value is -1.99. The van der Waals surface area contributed by atoms with E-state index in [0.717, 1.165) is 26.8 Å². The minimum Gasteiger partial charge on any atom is -0.352 e. The molecule has 7 heteroatoms. The van der Waals surface area contributed by atoms with Crippen LogP contribution in [0.2, 0.25) is 0 Å². The number of rotatable bonds is 5. The predicted molar refractivity (Wildman–Crippen MR) is 88.9 cm³/mol. The molecule has 5 nitrogen and oxygen atoms in total. The van der Waals surface area contributed by atoms with E-state index in [1.54, 1.807) is 27.4 Å². The molecule has 0 aromatic carbocycles. The topological polar surface area (TPSA) is 59.8 Å². The lowest BCUT2D eigenvalue weighted by Crippen LogP contribution is -2.24.